The number of aliphatic hydroxyl groups excluding tert-OH is 2. The summed E-state index contributed by atoms with van der Waals surface area (Å²) >= 11 is 0. The lowest BCUT2D eigenvalue weighted by atomic mass is 9.81. The van der Waals surface area contributed by atoms with Gasteiger partial charge < -0.3 is 31.1 Å². The number of benzene rings is 2. The molecule has 0 radical (unpaired) electrons. The molecular weight excluding hydrogens is 384 g/mol. The van der Waals surface area contributed by atoms with Gasteiger partial charge in [0.05, 0.1) is 61.9 Å². The Labute approximate surface area is 174 Å². The monoisotopic (exact) mass is 411 g/mol. The molecular formula is C22H27N4O4+. The van der Waals surface area contributed by atoms with Crippen LogP contribution in [-0.2, 0) is 0 Å². The molecule has 0 saturated carbocycles. The van der Waals surface area contributed by atoms with Gasteiger partial charge in [0.15, 0.2) is 11.6 Å². The number of fused-ring (bicyclic) bond motifs is 2. The lowest BCUT2D eigenvalue weighted by Crippen LogP contribution is -3.15. The van der Waals surface area contributed by atoms with Gasteiger partial charge in [-0.25, -0.2) is 0 Å². The minimum Gasteiger partial charge on any atom is -0.396 e. The molecule has 158 valence electrons. The molecule has 0 bridgehead atoms. The summed E-state index contributed by atoms with van der Waals surface area (Å²) in [7, 11) is 0. The number of hydrogen-bond acceptors (Lipinski definition) is 7. The number of nitrogen functional groups attached to an aromatic ring is 1. The van der Waals surface area contributed by atoms with Crippen LogP contribution in [0.5, 0.6) is 0 Å². The number of piperazine rings is 1. The first-order valence-electron chi connectivity index (χ1n) is 10.3. The molecule has 1 aliphatic carbocycles. The zero-order chi connectivity index (χ0) is 21.3. The van der Waals surface area contributed by atoms with Crippen molar-refractivity contribution < 1.29 is 24.7 Å². The highest BCUT2D eigenvalue weighted by Crippen LogP contribution is 2.40. The summed E-state index contributed by atoms with van der Waals surface area (Å²) in [5.41, 5.74) is 9.30. The number of aliphatic hydroxyl groups is 2. The Balaban J connectivity index is 1.79. The molecule has 0 aromatic heterocycles. The Kier molecular flexibility index (Phi) is 5.72. The largest absolute Gasteiger partial charge is 0.396 e. The predicted octanol–water partition coefficient (Wildman–Crippen LogP) is -0.854. The lowest BCUT2D eigenvalue weighted by Gasteiger charge is -2.35. The van der Waals surface area contributed by atoms with Crippen LogP contribution >= 0.6 is 0 Å². The number of nitrogens with zero attached hydrogens (tertiary/aromatic N) is 1. The molecule has 0 unspecified atom stereocenters. The molecule has 6 N–H and O–H groups in total. The number of carbonyl (C=O) groups excluding carboxylic acids is 2. The van der Waals surface area contributed by atoms with Crippen molar-refractivity contribution in [1.82, 2.24) is 0 Å². The first-order chi connectivity index (χ1) is 14.6. The minimum atomic E-state index is -0.254. The van der Waals surface area contributed by atoms with Crippen molar-refractivity contribution in [1.29, 1.82) is 0 Å². The second-order valence-electron chi connectivity index (χ2n) is 7.67. The third-order valence-corrected chi connectivity index (χ3v) is 5.92. The van der Waals surface area contributed by atoms with Crippen molar-refractivity contribution in [2.75, 3.05) is 68.4 Å². The number of quaternary nitrogens is 1. The van der Waals surface area contributed by atoms with Gasteiger partial charge in [0.1, 0.15) is 6.54 Å². The summed E-state index contributed by atoms with van der Waals surface area (Å²) < 4.78 is 0. The highest BCUT2D eigenvalue weighted by molar-refractivity contribution is 6.32. The average Bonchev–Trinajstić information content (AvgIpc) is 2.77. The zero-order valence-corrected chi connectivity index (χ0v) is 16.8. The van der Waals surface area contributed by atoms with Crippen LogP contribution in [0.3, 0.4) is 0 Å². The fourth-order valence-corrected chi connectivity index (χ4v) is 4.37. The molecule has 1 fully saturated rings. The molecule has 0 amide bonds. The van der Waals surface area contributed by atoms with E-state index in [4.69, 9.17) is 5.73 Å². The second-order valence-corrected chi connectivity index (χ2v) is 7.67. The Morgan fingerprint density at radius 1 is 1.00 bits per heavy atom. The summed E-state index contributed by atoms with van der Waals surface area (Å²) in [5.74, 6) is -0.493. The highest BCUT2D eigenvalue weighted by Gasteiger charge is 2.35. The number of nitrogens with one attached hydrogen (secondary N) is 2. The van der Waals surface area contributed by atoms with Crippen LogP contribution in [0.15, 0.2) is 30.3 Å². The predicted molar refractivity (Wildman–Crippen MR) is 115 cm³/mol. The van der Waals surface area contributed by atoms with Crippen LogP contribution in [0.2, 0.25) is 0 Å². The molecule has 0 spiro atoms. The maximum atomic E-state index is 13.3. The van der Waals surface area contributed by atoms with Crippen LogP contribution in [0.1, 0.15) is 31.8 Å². The van der Waals surface area contributed by atoms with Gasteiger partial charge in [-0.2, -0.15) is 0 Å². The third kappa shape index (κ3) is 3.43. The van der Waals surface area contributed by atoms with Gasteiger partial charge in [-0.15, -0.1) is 0 Å². The van der Waals surface area contributed by atoms with Crippen molar-refractivity contribution >= 4 is 28.6 Å². The van der Waals surface area contributed by atoms with Crippen LogP contribution in [0, 0.1) is 0 Å². The number of hydrogen-bond donors (Lipinski definition) is 5. The molecule has 1 aliphatic heterocycles. The topological polar surface area (TPSA) is 120 Å². The fraction of sp³-hybridized carbons (Fsp3) is 0.364. The average molecular weight is 411 g/mol. The van der Waals surface area contributed by atoms with E-state index in [0.29, 0.717) is 29.0 Å². The number of nitrogens with two attached hydrogens (primary N) is 1. The summed E-state index contributed by atoms with van der Waals surface area (Å²) in [6.45, 7) is 4.19. The number of ketones is 2. The van der Waals surface area contributed by atoms with Crippen molar-refractivity contribution in [3.8, 4) is 0 Å². The number of anilines is 3. The Morgan fingerprint density at radius 2 is 1.63 bits per heavy atom. The Morgan fingerprint density at radius 3 is 2.23 bits per heavy atom. The highest BCUT2D eigenvalue weighted by atomic mass is 16.3. The summed E-state index contributed by atoms with van der Waals surface area (Å²) in [4.78, 5) is 30.0. The fourth-order valence-electron chi connectivity index (χ4n) is 4.37. The van der Waals surface area contributed by atoms with Gasteiger partial charge in [0, 0.05) is 23.4 Å². The zero-order valence-electron chi connectivity index (χ0n) is 16.8. The molecule has 30 heavy (non-hydrogen) atoms. The van der Waals surface area contributed by atoms with E-state index in [-0.39, 0.29) is 42.5 Å². The molecule has 0 atom stereocenters. The molecule has 2 aliphatic rings. The minimum absolute atomic E-state index is 0.101. The van der Waals surface area contributed by atoms with Crippen LogP contribution in [0.25, 0.3) is 0 Å². The molecule has 8 nitrogen and oxygen atoms in total. The van der Waals surface area contributed by atoms with Crippen molar-refractivity contribution in [3.63, 3.8) is 0 Å². The maximum Gasteiger partial charge on any atom is 0.196 e. The van der Waals surface area contributed by atoms with Gasteiger partial charge in [-0.3, -0.25) is 9.59 Å². The standard InChI is InChI=1S/C22H26N4O4/c23-20-17(26-8-6-25(7-9-26)10-12-28)13-16(24-5-11-27)18-19(20)22(30)15-4-2-1-3-14(15)21(18)29/h1-4,13,24,27-28H,5-12,23H2/p+1. The van der Waals surface area contributed by atoms with Crippen LogP contribution < -0.4 is 20.9 Å². The SMILES string of the molecule is Nc1c(N2CC[NH+](CCO)CC2)cc(NCCO)c2c1C(=O)c1ccccc1C2=O. The Hall–Kier alpha value is -2.94. The van der Waals surface area contributed by atoms with Gasteiger partial charge in [-0.1, -0.05) is 24.3 Å². The van der Waals surface area contributed by atoms with Gasteiger partial charge >= 0.3 is 0 Å². The van der Waals surface area contributed by atoms with Gasteiger partial charge in [-0.05, 0) is 6.07 Å². The quantitative estimate of drug-likeness (QED) is 0.335. The normalized spacial score (nSPS) is 16.4. The maximum absolute atomic E-state index is 13.3. The Bertz CT molecular complexity index is 983. The molecule has 4 rings (SSSR count). The van der Waals surface area contributed by atoms with E-state index in [2.05, 4.69) is 10.2 Å². The first-order valence-corrected chi connectivity index (χ1v) is 10.3. The van der Waals surface area contributed by atoms with Gasteiger partial charge in [0.25, 0.3) is 0 Å². The lowest BCUT2D eigenvalue weighted by molar-refractivity contribution is -0.900. The summed E-state index contributed by atoms with van der Waals surface area (Å²) in [6.07, 6.45) is 0. The van der Waals surface area contributed by atoms with Crippen molar-refractivity contribution in [2.24, 2.45) is 0 Å². The smallest absolute Gasteiger partial charge is 0.196 e. The van der Waals surface area contributed by atoms with E-state index >= 15 is 0 Å². The summed E-state index contributed by atoms with van der Waals surface area (Å²) in [5, 5.41) is 21.6. The van der Waals surface area contributed by atoms with Crippen molar-refractivity contribution in [2.45, 2.75) is 0 Å². The van der Waals surface area contributed by atoms with Gasteiger partial charge in [0.2, 0.25) is 0 Å². The van der Waals surface area contributed by atoms with E-state index in [9.17, 15) is 19.8 Å². The van der Waals surface area contributed by atoms with Crippen LogP contribution in [0.4, 0.5) is 17.1 Å². The van der Waals surface area contributed by atoms with Crippen LogP contribution in [-0.4, -0.2) is 74.3 Å². The number of carbonyl (C=O) groups is 2. The second kappa shape index (κ2) is 8.43. The molecule has 2 aromatic rings. The number of rotatable bonds is 6. The molecule has 8 heteroatoms. The third-order valence-electron chi connectivity index (χ3n) is 5.92. The van der Waals surface area contributed by atoms with E-state index < -0.39 is 0 Å². The van der Waals surface area contributed by atoms with Crippen molar-refractivity contribution in [3.05, 3.63) is 52.6 Å². The van der Waals surface area contributed by atoms with E-state index in [1.807, 2.05) is 6.07 Å². The van der Waals surface area contributed by atoms with E-state index in [0.717, 1.165) is 31.9 Å². The van der Waals surface area contributed by atoms with E-state index in [1.165, 1.54) is 4.90 Å². The molecule has 2 aromatic carbocycles. The first kappa shape index (κ1) is 20.3. The summed E-state index contributed by atoms with van der Waals surface area (Å²) in [6, 6.07) is 8.61. The van der Waals surface area contributed by atoms with E-state index in [1.54, 1.807) is 24.3 Å². The molecule has 1 heterocycles. The molecule has 1 saturated heterocycles.